The SMILES string of the molecule is CCOC(=O)c1cnn(-c2ccc(-c3ccc(C=O)o3)cc2)c1C. The van der Waals surface area contributed by atoms with Crippen LogP contribution in [0.2, 0.25) is 0 Å². The number of hydrogen-bond donors (Lipinski definition) is 0. The van der Waals surface area contributed by atoms with E-state index in [-0.39, 0.29) is 11.7 Å². The van der Waals surface area contributed by atoms with Crippen LogP contribution < -0.4 is 0 Å². The summed E-state index contributed by atoms with van der Waals surface area (Å²) < 4.78 is 12.1. The highest BCUT2D eigenvalue weighted by Crippen LogP contribution is 2.23. The lowest BCUT2D eigenvalue weighted by atomic mass is 10.1. The molecular formula is C18H16N2O4. The van der Waals surface area contributed by atoms with Crippen molar-refractivity contribution in [1.82, 2.24) is 9.78 Å². The lowest BCUT2D eigenvalue weighted by molar-refractivity contribution is 0.0525. The average Bonchev–Trinajstić information content (AvgIpc) is 3.22. The molecule has 0 aliphatic heterocycles. The van der Waals surface area contributed by atoms with Crippen LogP contribution in [0.15, 0.2) is 47.0 Å². The van der Waals surface area contributed by atoms with Crippen molar-refractivity contribution >= 4 is 12.3 Å². The summed E-state index contributed by atoms with van der Waals surface area (Å²) in [7, 11) is 0. The van der Waals surface area contributed by atoms with Crippen molar-refractivity contribution in [3.05, 3.63) is 59.6 Å². The third-order valence-electron chi connectivity index (χ3n) is 3.64. The first-order valence-corrected chi connectivity index (χ1v) is 7.51. The van der Waals surface area contributed by atoms with E-state index in [4.69, 9.17) is 9.15 Å². The lowest BCUT2D eigenvalue weighted by Gasteiger charge is -2.06. The van der Waals surface area contributed by atoms with Crippen molar-refractivity contribution in [2.75, 3.05) is 6.61 Å². The number of benzene rings is 1. The Morgan fingerprint density at radius 3 is 2.62 bits per heavy atom. The summed E-state index contributed by atoms with van der Waals surface area (Å²) in [6.45, 7) is 3.90. The zero-order valence-corrected chi connectivity index (χ0v) is 13.4. The van der Waals surface area contributed by atoms with E-state index in [0.717, 1.165) is 11.3 Å². The van der Waals surface area contributed by atoms with E-state index in [9.17, 15) is 9.59 Å². The number of nitrogens with zero attached hydrogens (tertiary/aromatic N) is 2. The number of aldehydes is 1. The first-order valence-electron chi connectivity index (χ1n) is 7.51. The average molecular weight is 324 g/mol. The van der Waals surface area contributed by atoms with Gasteiger partial charge in [0.1, 0.15) is 11.3 Å². The molecule has 0 aliphatic rings. The first kappa shape index (κ1) is 15.7. The monoisotopic (exact) mass is 324 g/mol. The van der Waals surface area contributed by atoms with Crippen molar-refractivity contribution < 1.29 is 18.7 Å². The van der Waals surface area contributed by atoms with Crippen molar-refractivity contribution in [2.45, 2.75) is 13.8 Å². The van der Waals surface area contributed by atoms with Gasteiger partial charge in [0.25, 0.3) is 0 Å². The normalized spacial score (nSPS) is 10.6. The van der Waals surface area contributed by atoms with Crippen molar-refractivity contribution in [2.24, 2.45) is 0 Å². The Kier molecular flexibility index (Phi) is 4.29. The fourth-order valence-corrected chi connectivity index (χ4v) is 2.42. The predicted molar refractivity (Wildman–Crippen MR) is 87.3 cm³/mol. The van der Waals surface area contributed by atoms with Gasteiger partial charge in [-0.2, -0.15) is 5.10 Å². The second-order valence-electron chi connectivity index (χ2n) is 5.14. The summed E-state index contributed by atoms with van der Waals surface area (Å²) >= 11 is 0. The minimum absolute atomic E-state index is 0.288. The third-order valence-corrected chi connectivity index (χ3v) is 3.64. The van der Waals surface area contributed by atoms with E-state index in [1.54, 1.807) is 23.7 Å². The summed E-state index contributed by atoms with van der Waals surface area (Å²) in [5, 5.41) is 4.26. The van der Waals surface area contributed by atoms with Gasteiger partial charge in [-0.1, -0.05) is 0 Å². The third kappa shape index (κ3) is 2.86. The van der Waals surface area contributed by atoms with E-state index in [1.807, 2.05) is 31.2 Å². The Morgan fingerprint density at radius 1 is 1.25 bits per heavy atom. The van der Waals surface area contributed by atoms with Crippen LogP contribution in [0.5, 0.6) is 0 Å². The number of ether oxygens (including phenoxy) is 1. The second kappa shape index (κ2) is 6.54. The van der Waals surface area contributed by atoms with Gasteiger partial charge >= 0.3 is 5.97 Å². The molecule has 0 saturated heterocycles. The van der Waals surface area contributed by atoms with Crippen LogP contribution in [0.3, 0.4) is 0 Å². The predicted octanol–water partition coefficient (Wildman–Crippen LogP) is 3.43. The van der Waals surface area contributed by atoms with E-state index < -0.39 is 0 Å². The van der Waals surface area contributed by atoms with Crippen LogP contribution in [0, 0.1) is 6.92 Å². The molecule has 0 amide bonds. The molecule has 0 radical (unpaired) electrons. The summed E-state index contributed by atoms with van der Waals surface area (Å²) in [5.41, 5.74) is 2.82. The fraction of sp³-hybridized carbons (Fsp3) is 0.167. The molecule has 0 spiro atoms. The molecule has 122 valence electrons. The zero-order valence-electron chi connectivity index (χ0n) is 13.4. The molecule has 3 aromatic rings. The summed E-state index contributed by atoms with van der Waals surface area (Å²) in [5.74, 6) is 0.527. The molecule has 24 heavy (non-hydrogen) atoms. The van der Waals surface area contributed by atoms with Gasteiger partial charge in [-0.25, -0.2) is 9.48 Å². The maximum atomic E-state index is 11.9. The van der Waals surface area contributed by atoms with Crippen LogP contribution in [-0.4, -0.2) is 28.6 Å². The van der Waals surface area contributed by atoms with Gasteiger partial charge in [-0.05, 0) is 50.2 Å². The van der Waals surface area contributed by atoms with Crippen LogP contribution in [0.25, 0.3) is 17.0 Å². The van der Waals surface area contributed by atoms with E-state index in [0.29, 0.717) is 29.9 Å². The molecule has 0 N–H and O–H groups in total. The largest absolute Gasteiger partial charge is 0.462 e. The number of furan rings is 1. The highest BCUT2D eigenvalue weighted by atomic mass is 16.5. The quantitative estimate of drug-likeness (QED) is 0.531. The van der Waals surface area contributed by atoms with Gasteiger partial charge in [0, 0.05) is 5.56 Å². The highest BCUT2D eigenvalue weighted by molar-refractivity contribution is 5.90. The van der Waals surface area contributed by atoms with Gasteiger partial charge in [0.2, 0.25) is 0 Å². The van der Waals surface area contributed by atoms with Gasteiger partial charge in [-0.3, -0.25) is 4.79 Å². The maximum absolute atomic E-state index is 11.9. The summed E-state index contributed by atoms with van der Waals surface area (Å²) in [6.07, 6.45) is 2.17. The van der Waals surface area contributed by atoms with E-state index in [2.05, 4.69) is 5.10 Å². The smallest absolute Gasteiger partial charge is 0.341 e. The van der Waals surface area contributed by atoms with E-state index >= 15 is 0 Å². The Hall–Kier alpha value is -3.15. The molecule has 0 saturated carbocycles. The number of hydrogen-bond acceptors (Lipinski definition) is 5. The standard InChI is InChI=1S/C18H16N2O4/c1-3-23-18(22)16-10-19-20(12(16)2)14-6-4-13(5-7-14)17-9-8-15(11-21)24-17/h4-11H,3H2,1-2H3. The Bertz CT molecular complexity index is 875. The second-order valence-corrected chi connectivity index (χ2v) is 5.14. The lowest BCUT2D eigenvalue weighted by Crippen LogP contribution is -2.06. The molecule has 0 aliphatic carbocycles. The molecule has 1 aromatic carbocycles. The van der Waals surface area contributed by atoms with Crippen LogP contribution in [0.1, 0.15) is 33.5 Å². The number of esters is 1. The van der Waals surface area contributed by atoms with Crippen LogP contribution in [0.4, 0.5) is 0 Å². The van der Waals surface area contributed by atoms with Gasteiger partial charge < -0.3 is 9.15 Å². The molecule has 6 nitrogen and oxygen atoms in total. The van der Waals surface area contributed by atoms with Crippen molar-refractivity contribution in [1.29, 1.82) is 0 Å². The molecule has 3 rings (SSSR count). The number of rotatable bonds is 5. The van der Waals surface area contributed by atoms with Gasteiger partial charge in [0.15, 0.2) is 12.0 Å². The topological polar surface area (TPSA) is 74.3 Å². The van der Waals surface area contributed by atoms with Gasteiger partial charge in [0.05, 0.1) is 24.2 Å². The van der Waals surface area contributed by atoms with Crippen molar-refractivity contribution in [3.8, 4) is 17.0 Å². The summed E-state index contributed by atoms with van der Waals surface area (Å²) in [6, 6.07) is 10.8. The first-order chi connectivity index (χ1) is 11.6. The zero-order chi connectivity index (χ0) is 17.1. The molecule has 0 unspecified atom stereocenters. The minimum atomic E-state index is -0.380. The molecular weight excluding hydrogens is 308 g/mol. The highest BCUT2D eigenvalue weighted by Gasteiger charge is 2.16. The molecule has 0 atom stereocenters. The molecule has 6 heteroatoms. The number of carbonyl (C=O) groups excluding carboxylic acids is 2. The summed E-state index contributed by atoms with van der Waals surface area (Å²) in [4.78, 5) is 22.6. The van der Waals surface area contributed by atoms with E-state index in [1.165, 1.54) is 6.20 Å². The van der Waals surface area contributed by atoms with Gasteiger partial charge in [-0.15, -0.1) is 0 Å². The van der Waals surface area contributed by atoms with Crippen LogP contribution in [-0.2, 0) is 4.74 Å². The Balaban J connectivity index is 1.88. The van der Waals surface area contributed by atoms with Crippen molar-refractivity contribution in [3.63, 3.8) is 0 Å². The number of aromatic nitrogens is 2. The minimum Gasteiger partial charge on any atom is -0.462 e. The number of carbonyl (C=O) groups is 2. The Labute approximate surface area is 138 Å². The molecule has 0 fully saturated rings. The molecule has 2 heterocycles. The fourth-order valence-electron chi connectivity index (χ4n) is 2.42. The Morgan fingerprint density at radius 2 is 2.00 bits per heavy atom. The van der Waals surface area contributed by atoms with Crippen LogP contribution >= 0.6 is 0 Å². The maximum Gasteiger partial charge on any atom is 0.341 e. The molecule has 0 bridgehead atoms. The molecule has 2 aromatic heterocycles.